The van der Waals surface area contributed by atoms with Gasteiger partial charge in [0, 0.05) is 11.8 Å². The summed E-state index contributed by atoms with van der Waals surface area (Å²) in [6.07, 6.45) is 3.90. The van der Waals surface area contributed by atoms with Gasteiger partial charge in [0.15, 0.2) is 0 Å². The highest BCUT2D eigenvalue weighted by atomic mass is 16.1. The molecule has 0 saturated carbocycles. The average Bonchev–Trinajstić information content (AvgIpc) is 2.17. The van der Waals surface area contributed by atoms with Gasteiger partial charge in [-0.05, 0) is 12.1 Å². The minimum atomic E-state index is -0.301. The van der Waals surface area contributed by atoms with Crippen molar-refractivity contribution >= 4 is 6.29 Å². The van der Waals surface area contributed by atoms with E-state index in [-0.39, 0.29) is 6.04 Å². The summed E-state index contributed by atoms with van der Waals surface area (Å²) in [5, 5.41) is 0. The van der Waals surface area contributed by atoms with Crippen LogP contribution in [0, 0.1) is 0 Å². The van der Waals surface area contributed by atoms with Gasteiger partial charge in [0.1, 0.15) is 6.29 Å². The Balaban J connectivity index is 3.00. The highest BCUT2D eigenvalue weighted by molar-refractivity contribution is 5.74. The maximum Gasteiger partial charge on any atom is 0.150 e. The van der Waals surface area contributed by atoms with Gasteiger partial charge in [0.25, 0.3) is 0 Å². The molecule has 0 fully saturated rings. The molecular weight excluding hydrogens is 152 g/mol. The summed E-state index contributed by atoms with van der Waals surface area (Å²) in [4.78, 5) is 14.4. The Morgan fingerprint density at radius 1 is 1.67 bits per heavy atom. The van der Waals surface area contributed by atoms with Crippen molar-refractivity contribution in [3.63, 3.8) is 0 Å². The van der Waals surface area contributed by atoms with Crippen molar-refractivity contribution < 1.29 is 4.79 Å². The van der Waals surface area contributed by atoms with Gasteiger partial charge in [0.05, 0.1) is 11.7 Å². The number of nitrogens with two attached hydrogens (primary N) is 1. The first-order chi connectivity index (χ1) is 5.77. The molecule has 0 aliphatic heterocycles. The highest BCUT2D eigenvalue weighted by Crippen LogP contribution is 2.08. The Bertz CT molecular complexity index is 296. The molecule has 0 aliphatic carbocycles. The average molecular weight is 162 g/mol. The minimum Gasteiger partial charge on any atom is -0.319 e. The van der Waals surface area contributed by atoms with Gasteiger partial charge in [-0.1, -0.05) is 6.08 Å². The smallest absolute Gasteiger partial charge is 0.150 e. The molecule has 3 nitrogen and oxygen atoms in total. The molecule has 1 atom stereocenters. The summed E-state index contributed by atoms with van der Waals surface area (Å²) in [5.41, 5.74) is 6.86. The molecule has 0 radical (unpaired) electrons. The van der Waals surface area contributed by atoms with E-state index in [0.29, 0.717) is 11.3 Å². The molecule has 1 aromatic rings. The van der Waals surface area contributed by atoms with Crippen molar-refractivity contribution in [2.75, 3.05) is 0 Å². The van der Waals surface area contributed by atoms with Crippen LogP contribution in [0.3, 0.4) is 0 Å². The molecule has 1 aromatic heterocycles. The lowest BCUT2D eigenvalue weighted by atomic mass is 10.1. The number of hydrogen-bond donors (Lipinski definition) is 1. The number of hydrogen-bond acceptors (Lipinski definition) is 3. The van der Waals surface area contributed by atoms with E-state index in [9.17, 15) is 4.79 Å². The lowest BCUT2D eigenvalue weighted by molar-refractivity contribution is 0.112. The van der Waals surface area contributed by atoms with Crippen LogP contribution in [0.1, 0.15) is 22.1 Å². The molecule has 0 spiro atoms. The van der Waals surface area contributed by atoms with E-state index in [4.69, 9.17) is 5.73 Å². The molecule has 0 saturated heterocycles. The third-order valence-electron chi connectivity index (χ3n) is 1.54. The molecule has 1 heterocycles. The largest absolute Gasteiger partial charge is 0.319 e. The Labute approximate surface area is 70.9 Å². The summed E-state index contributed by atoms with van der Waals surface area (Å²) in [6.45, 7) is 3.54. The first-order valence-corrected chi connectivity index (χ1v) is 3.57. The first-order valence-electron chi connectivity index (χ1n) is 3.57. The van der Waals surface area contributed by atoms with E-state index < -0.39 is 0 Å². The van der Waals surface area contributed by atoms with Gasteiger partial charge < -0.3 is 5.73 Å². The normalized spacial score (nSPS) is 12.1. The van der Waals surface area contributed by atoms with E-state index in [1.807, 2.05) is 0 Å². The van der Waals surface area contributed by atoms with Crippen LogP contribution in [-0.4, -0.2) is 11.3 Å². The fraction of sp³-hybridized carbons (Fsp3) is 0.111. The lowest BCUT2D eigenvalue weighted by Crippen LogP contribution is -2.08. The van der Waals surface area contributed by atoms with Gasteiger partial charge >= 0.3 is 0 Å². The monoisotopic (exact) mass is 162 g/mol. The molecular formula is C9H10N2O. The number of carbonyl (C=O) groups is 1. The van der Waals surface area contributed by atoms with E-state index in [1.54, 1.807) is 24.4 Å². The van der Waals surface area contributed by atoms with E-state index in [2.05, 4.69) is 11.6 Å². The third-order valence-corrected chi connectivity index (χ3v) is 1.54. The van der Waals surface area contributed by atoms with Crippen LogP contribution in [0.2, 0.25) is 0 Å². The predicted molar refractivity (Wildman–Crippen MR) is 46.7 cm³/mol. The zero-order valence-electron chi connectivity index (χ0n) is 6.60. The second-order valence-electron chi connectivity index (χ2n) is 2.39. The number of rotatable bonds is 3. The molecule has 0 amide bonds. The maximum absolute atomic E-state index is 10.4. The summed E-state index contributed by atoms with van der Waals surface area (Å²) >= 11 is 0. The van der Waals surface area contributed by atoms with Gasteiger partial charge in [-0.15, -0.1) is 6.58 Å². The van der Waals surface area contributed by atoms with Crippen LogP contribution in [0.15, 0.2) is 31.0 Å². The zero-order valence-corrected chi connectivity index (χ0v) is 6.60. The van der Waals surface area contributed by atoms with Crippen LogP contribution in [0.25, 0.3) is 0 Å². The van der Waals surface area contributed by atoms with Crippen molar-refractivity contribution in [1.29, 1.82) is 0 Å². The van der Waals surface area contributed by atoms with Crippen molar-refractivity contribution in [2.24, 2.45) is 5.73 Å². The summed E-state index contributed by atoms with van der Waals surface area (Å²) in [5.74, 6) is 0. The molecule has 0 unspecified atom stereocenters. The molecule has 0 aromatic carbocycles. The molecule has 0 aliphatic rings. The van der Waals surface area contributed by atoms with Gasteiger partial charge in [0.2, 0.25) is 0 Å². The minimum absolute atomic E-state index is 0.301. The van der Waals surface area contributed by atoms with Crippen LogP contribution in [0.4, 0.5) is 0 Å². The van der Waals surface area contributed by atoms with E-state index in [1.165, 1.54) is 0 Å². The fourth-order valence-corrected chi connectivity index (χ4v) is 0.842. The quantitative estimate of drug-likeness (QED) is 0.534. The summed E-state index contributed by atoms with van der Waals surface area (Å²) in [6, 6.07) is 2.98. The fourth-order valence-electron chi connectivity index (χ4n) is 0.842. The second-order valence-corrected chi connectivity index (χ2v) is 2.39. The number of pyridine rings is 1. The predicted octanol–water partition coefficient (Wildman–Crippen LogP) is 1.08. The molecule has 0 bridgehead atoms. The SMILES string of the molecule is C=C[C@@H](N)c1cc(C=O)ccn1. The molecule has 3 heteroatoms. The molecule has 2 N–H and O–H groups in total. The Kier molecular flexibility index (Phi) is 2.71. The van der Waals surface area contributed by atoms with Crippen LogP contribution in [-0.2, 0) is 0 Å². The molecule has 1 rings (SSSR count). The Morgan fingerprint density at radius 2 is 2.42 bits per heavy atom. The molecule has 12 heavy (non-hydrogen) atoms. The van der Waals surface area contributed by atoms with Gasteiger partial charge in [-0.25, -0.2) is 0 Å². The lowest BCUT2D eigenvalue weighted by Gasteiger charge is -2.04. The zero-order chi connectivity index (χ0) is 8.97. The maximum atomic E-state index is 10.4. The summed E-state index contributed by atoms with van der Waals surface area (Å²) in [7, 11) is 0. The summed E-state index contributed by atoms with van der Waals surface area (Å²) < 4.78 is 0. The number of carbonyl (C=O) groups excluding carboxylic acids is 1. The standard InChI is InChI=1S/C9H10N2O/c1-2-8(10)9-5-7(6-12)3-4-11-9/h2-6,8H,1,10H2/t8-/m1/s1. The second kappa shape index (κ2) is 3.78. The van der Waals surface area contributed by atoms with Crippen molar-refractivity contribution in [1.82, 2.24) is 4.98 Å². The Hall–Kier alpha value is -1.48. The first kappa shape index (κ1) is 8.62. The van der Waals surface area contributed by atoms with Crippen LogP contribution >= 0.6 is 0 Å². The third kappa shape index (κ3) is 1.77. The van der Waals surface area contributed by atoms with E-state index in [0.717, 1.165) is 6.29 Å². The highest BCUT2D eigenvalue weighted by Gasteiger charge is 2.02. The van der Waals surface area contributed by atoms with Crippen LogP contribution < -0.4 is 5.73 Å². The number of aldehydes is 1. The van der Waals surface area contributed by atoms with E-state index >= 15 is 0 Å². The topological polar surface area (TPSA) is 56.0 Å². The van der Waals surface area contributed by atoms with Crippen molar-refractivity contribution in [3.05, 3.63) is 42.2 Å². The van der Waals surface area contributed by atoms with Crippen molar-refractivity contribution in [2.45, 2.75) is 6.04 Å². The molecule has 62 valence electrons. The Morgan fingerprint density at radius 3 is 3.00 bits per heavy atom. The number of aromatic nitrogens is 1. The van der Waals surface area contributed by atoms with Gasteiger partial charge in [-0.3, -0.25) is 9.78 Å². The van der Waals surface area contributed by atoms with Gasteiger partial charge in [-0.2, -0.15) is 0 Å². The van der Waals surface area contributed by atoms with Crippen LogP contribution in [0.5, 0.6) is 0 Å². The van der Waals surface area contributed by atoms with Crippen molar-refractivity contribution in [3.8, 4) is 0 Å². The number of nitrogens with zero attached hydrogens (tertiary/aromatic N) is 1.